The van der Waals surface area contributed by atoms with Crippen LogP contribution in [0.25, 0.3) is 0 Å². The van der Waals surface area contributed by atoms with Crippen molar-refractivity contribution in [1.82, 2.24) is 15.5 Å². The number of hydrogen-bond acceptors (Lipinski definition) is 6. The van der Waals surface area contributed by atoms with Crippen LogP contribution in [-0.4, -0.2) is 29.8 Å². The molecule has 1 heterocycles. The molecule has 0 fully saturated rings. The maximum absolute atomic E-state index is 13.9. The van der Waals surface area contributed by atoms with Crippen molar-refractivity contribution in [2.45, 2.75) is 13.0 Å². The first-order chi connectivity index (χ1) is 10.1. The summed E-state index contributed by atoms with van der Waals surface area (Å²) in [6.07, 6.45) is 0. The van der Waals surface area contributed by atoms with Gasteiger partial charge in [0, 0.05) is 11.6 Å². The number of halogens is 1. The van der Waals surface area contributed by atoms with Gasteiger partial charge >= 0.3 is 0 Å². The zero-order valence-electron chi connectivity index (χ0n) is 11.6. The van der Waals surface area contributed by atoms with Gasteiger partial charge in [0.1, 0.15) is 17.1 Å². The van der Waals surface area contributed by atoms with Crippen molar-refractivity contribution >= 4 is 22.4 Å². The average Bonchev–Trinajstić information content (AvgIpc) is 2.97. The molecule has 0 aliphatic carbocycles. The highest BCUT2D eigenvalue weighted by molar-refractivity contribution is 7.13. The van der Waals surface area contributed by atoms with Crippen LogP contribution in [-0.2, 0) is 4.79 Å². The first kappa shape index (κ1) is 15.3. The molecule has 0 aliphatic rings. The van der Waals surface area contributed by atoms with E-state index in [1.54, 1.807) is 19.1 Å². The van der Waals surface area contributed by atoms with E-state index in [2.05, 4.69) is 20.8 Å². The van der Waals surface area contributed by atoms with E-state index in [0.29, 0.717) is 16.4 Å². The van der Waals surface area contributed by atoms with E-state index in [-0.39, 0.29) is 24.3 Å². The van der Waals surface area contributed by atoms with E-state index in [1.165, 1.54) is 30.0 Å². The highest BCUT2D eigenvalue weighted by Crippen LogP contribution is 2.27. The van der Waals surface area contributed by atoms with Crippen LogP contribution in [0.1, 0.15) is 18.5 Å². The molecule has 0 unspecified atom stereocenters. The van der Waals surface area contributed by atoms with Gasteiger partial charge in [-0.3, -0.25) is 10.1 Å². The predicted molar refractivity (Wildman–Crippen MR) is 77.9 cm³/mol. The van der Waals surface area contributed by atoms with E-state index in [4.69, 9.17) is 4.74 Å². The van der Waals surface area contributed by atoms with E-state index in [1.807, 2.05) is 0 Å². The van der Waals surface area contributed by atoms with E-state index in [9.17, 15) is 9.18 Å². The lowest BCUT2D eigenvalue weighted by Crippen LogP contribution is -2.30. The van der Waals surface area contributed by atoms with Gasteiger partial charge in [-0.2, -0.15) is 0 Å². The minimum Gasteiger partial charge on any atom is -0.496 e. The number of amides is 1. The van der Waals surface area contributed by atoms with E-state index in [0.717, 1.165) is 0 Å². The van der Waals surface area contributed by atoms with Gasteiger partial charge in [-0.05, 0) is 19.1 Å². The molecular formula is C13H15FN4O2S. The van der Waals surface area contributed by atoms with Crippen LogP contribution in [0.3, 0.4) is 0 Å². The molecule has 6 nitrogen and oxygen atoms in total. The molecule has 0 spiro atoms. The number of anilines is 1. The molecule has 112 valence electrons. The lowest BCUT2D eigenvalue weighted by atomic mass is 10.1. The van der Waals surface area contributed by atoms with Crippen molar-refractivity contribution in [3.8, 4) is 5.75 Å². The SMILES string of the molecule is COc1cccc(F)c1[C@@H](C)NCC(=O)Nc1nncs1. The minimum atomic E-state index is -0.376. The van der Waals surface area contributed by atoms with Crippen LogP contribution < -0.4 is 15.4 Å². The van der Waals surface area contributed by atoms with Crippen LogP contribution in [0, 0.1) is 5.82 Å². The third kappa shape index (κ3) is 3.96. The zero-order valence-corrected chi connectivity index (χ0v) is 12.4. The number of carbonyl (C=O) groups is 1. The van der Waals surface area contributed by atoms with Gasteiger partial charge in [-0.15, -0.1) is 10.2 Å². The number of methoxy groups -OCH3 is 1. The molecule has 2 aromatic rings. The molecule has 1 amide bonds. The molecule has 1 aromatic heterocycles. The highest BCUT2D eigenvalue weighted by Gasteiger charge is 2.17. The Morgan fingerprint density at radius 3 is 3.00 bits per heavy atom. The quantitative estimate of drug-likeness (QED) is 0.853. The van der Waals surface area contributed by atoms with Gasteiger partial charge in [0.2, 0.25) is 11.0 Å². The molecule has 2 rings (SSSR count). The van der Waals surface area contributed by atoms with Gasteiger partial charge in [-0.25, -0.2) is 4.39 Å². The molecule has 8 heteroatoms. The lowest BCUT2D eigenvalue weighted by Gasteiger charge is -2.17. The smallest absolute Gasteiger partial charge is 0.240 e. The monoisotopic (exact) mass is 310 g/mol. The third-order valence-corrected chi connectivity index (χ3v) is 3.45. The van der Waals surface area contributed by atoms with Crippen LogP contribution >= 0.6 is 11.3 Å². The maximum atomic E-state index is 13.9. The fraction of sp³-hybridized carbons (Fsp3) is 0.308. The van der Waals surface area contributed by atoms with Crippen molar-refractivity contribution in [3.63, 3.8) is 0 Å². The summed E-state index contributed by atoms with van der Waals surface area (Å²) in [6.45, 7) is 1.79. The second-order valence-electron chi connectivity index (χ2n) is 4.25. The van der Waals surface area contributed by atoms with Crippen molar-refractivity contribution in [3.05, 3.63) is 35.1 Å². The summed E-state index contributed by atoms with van der Waals surface area (Å²) in [5, 5.41) is 13.3. The molecule has 0 bridgehead atoms. The summed E-state index contributed by atoms with van der Waals surface area (Å²) in [5.41, 5.74) is 1.92. The van der Waals surface area contributed by atoms with E-state index >= 15 is 0 Å². The van der Waals surface area contributed by atoms with Crippen LogP contribution in [0.15, 0.2) is 23.7 Å². The fourth-order valence-corrected chi connectivity index (χ4v) is 2.32. The van der Waals surface area contributed by atoms with Crippen LogP contribution in [0.5, 0.6) is 5.75 Å². The van der Waals surface area contributed by atoms with Gasteiger partial charge < -0.3 is 10.1 Å². The Morgan fingerprint density at radius 1 is 1.52 bits per heavy atom. The lowest BCUT2D eigenvalue weighted by molar-refractivity contribution is -0.115. The normalized spacial score (nSPS) is 12.0. The number of aromatic nitrogens is 2. The number of nitrogens with zero attached hydrogens (tertiary/aromatic N) is 2. The highest BCUT2D eigenvalue weighted by atomic mass is 32.1. The van der Waals surface area contributed by atoms with Gasteiger partial charge in [0.15, 0.2) is 0 Å². The third-order valence-electron chi connectivity index (χ3n) is 2.84. The van der Waals surface area contributed by atoms with Gasteiger partial charge in [-0.1, -0.05) is 17.4 Å². The van der Waals surface area contributed by atoms with Crippen LogP contribution in [0.4, 0.5) is 9.52 Å². The summed E-state index contributed by atoms with van der Waals surface area (Å²) in [4.78, 5) is 11.7. The number of hydrogen-bond donors (Lipinski definition) is 2. The standard InChI is InChI=1S/C13H15FN4O2S/c1-8(12-9(14)4-3-5-10(12)20-2)15-6-11(19)17-13-18-16-7-21-13/h3-5,7-8,15H,6H2,1-2H3,(H,17,18,19)/t8-/m1/s1. The van der Waals surface area contributed by atoms with Gasteiger partial charge in [0.25, 0.3) is 0 Å². The second-order valence-corrected chi connectivity index (χ2v) is 5.08. The zero-order chi connectivity index (χ0) is 15.2. The molecule has 0 saturated carbocycles. The Morgan fingerprint density at radius 2 is 2.33 bits per heavy atom. The summed E-state index contributed by atoms with van der Waals surface area (Å²) >= 11 is 1.23. The first-order valence-corrected chi connectivity index (χ1v) is 7.11. The number of benzene rings is 1. The molecule has 21 heavy (non-hydrogen) atoms. The number of rotatable bonds is 6. The minimum absolute atomic E-state index is 0.0260. The van der Waals surface area contributed by atoms with Crippen molar-refractivity contribution in [1.29, 1.82) is 0 Å². The molecule has 0 saturated heterocycles. The maximum Gasteiger partial charge on any atom is 0.240 e. The Kier molecular flexibility index (Phi) is 5.18. The Bertz CT molecular complexity index is 606. The summed E-state index contributed by atoms with van der Waals surface area (Å²) in [6, 6.07) is 4.24. The molecular weight excluding hydrogens is 295 g/mol. The molecule has 0 aliphatic heterocycles. The molecule has 2 N–H and O–H groups in total. The summed E-state index contributed by atoms with van der Waals surface area (Å²) in [5.74, 6) is -0.202. The summed E-state index contributed by atoms with van der Waals surface area (Å²) in [7, 11) is 1.48. The fourth-order valence-electron chi connectivity index (χ4n) is 1.85. The first-order valence-electron chi connectivity index (χ1n) is 6.23. The molecule has 1 aromatic carbocycles. The summed E-state index contributed by atoms with van der Waals surface area (Å²) < 4.78 is 19.0. The van der Waals surface area contributed by atoms with E-state index < -0.39 is 0 Å². The second kappa shape index (κ2) is 7.09. The van der Waals surface area contributed by atoms with Crippen molar-refractivity contribution in [2.75, 3.05) is 19.0 Å². The van der Waals surface area contributed by atoms with Crippen LogP contribution in [0.2, 0.25) is 0 Å². The van der Waals surface area contributed by atoms with Crippen molar-refractivity contribution in [2.24, 2.45) is 0 Å². The molecule has 0 radical (unpaired) electrons. The number of ether oxygens (including phenoxy) is 1. The average molecular weight is 310 g/mol. The van der Waals surface area contributed by atoms with Crippen molar-refractivity contribution < 1.29 is 13.9 Å². The van der Waals surface area contributed by atoms with Gasteiger partial charge in [0.05, 0.1) is 13.7 Å². The largest absolute Gasteiger partial charge is 0.496 e. The Balaban J connectivity index is 1.95. The number of carbonyl (C=O) groups excluding carboxylic acids is 1. The predicted octanol–water partition coefficient (Wildman–Crippen LogP) is 1.98. The topological polar surface area (TPSA) is 76.1 Å². The Labute approximate surface area is 125 Å². The number of nitrogens with one attached hydrogen (secondary N) is 2. The Hall–Kier alpha value is -2.06. The molecule has 1 atom stereocenters.